The molecule has 0 bridgehead atoms. The van der Waals surface area contributed by atoms with Gasteiger partial charge in [-0.05, 0) is 118 Å². The predicted octanol–water partition coefficient (Wildman–Crippen LogP) is 13.9. The van der Waals surface area contributed by atoms with Crippen molar-refractivity contribution in [1.82, 2.24) is 9.97 Å². The van der Waals surface area contributed by atoms with Crippen molar-refractivity contribution in [3.05, 3.63) is 154 Å². The molecule has 58 heavy (non-hydrogen) atoms. The van der Waals surface area contributed by atoms with Crippen molar-refractivity contribution in [2.24, 2.45) is 10.8 Å². The number of rotatable bonds is 3. The van der Waals surface area contributed by atoms with Crippen LogP contribution in [0.25, 0.3) is 44.5 Å². The molecule has 301 valence electrons. The second-order valence-corrected chi connectivity index (χ2v) is 20.2. The fourth-order valence-electron chi connectivity index (χ4n) is 10.5. The zero-order chi connectivity index (χ0) is 40.7. The normalized spacial score (nSPS) is 16.1. The van der Waals surface area contributed by atoms with E-state index in [-0.39, 0.29) is 47.2 Å². The van der Waals surface area contributed by atoms with Gasteiger partial charge in [0.15, 0.2) is 0 Å². The summed E-state index contributed by atoms with van der Waals surface area (Å²) in [5.41, 5.74) is 17.5. The van der Waals surface area contributed by atoms with Crippen molar-refractivity contribution >= 4 is 21.9 Å². The third-order valence-corrected chi connectivity index (χ3v) is 13.4. The summed E-state index contributed by atoms with van der Waals surface area (Å²) in [6, 6.07) is 37.6. The average molecular weight is 943 g/mol. The maximum atomic E-state index is 6.25. The molecule has 0 saturated carbocycles. The van der Waals surface area contributed by atoms with E-state index in [9.17, 15) is 0 Å². The molecule has 2 aliphatic carbocycles. The first-order chi connectivity index (χ1) is 26.8. The van der Waals surface area contributed by atoms with Crippen molar-refractivity contribution in [3.63, 3.8) is 0 Å². The molecule has 3 heterocycles. The minimum absolute atomic E-state index is 0. The van der Waals surface area contributed by atoms with Gasteiger partial charge in [0.25, 0.3) is 0 Å². The van der Waals surface area contributed by atoms with E-state index in [1.54, 1.807) is 0 Å². The molecule has 0 saturated heterocycles. The molecule has 7 aromatic rings. The molecule has 0 fully saturated rings. The zero-order valence-electron chi connectivity index (χ0n) is 36.5. The Morgan fingerprint density at radius 2 is 1.33 bits per heavy atom. The van der Waals surface area contributed by atoms with Gasteiger partial charge in [-0.25, -0.2) is 0 Å². The zero-order valence-corrected chi connectivity index (χ0v) is 38.9. The third kappa shape index (κ3) is 6.99. The van der Waals surface area contributed by atoms with Gasteiger partial charge >= 0.3 is 0 Å². The van der Waals surface area contributed by atoms with Crippen LogP contribution in [0.2, 0.25) is 0 Å². The maximum absolute atomic E-state index is 6.25. The molecule has 0 unspecified atom stereocenters. The molecule has 0 atom stereocenters. The fraction of sp³-hybridized carbons (Fsp3) is 0.370. The Morgan fingerprint density at radius 1 is 0.707 bits per heavy atom. The van der Waals surface area contributed by atoms with Gasteiger partial charge in [0, 0.05) is 37.9 Å². The molecule has 4 aromatic carbocycles. The molecular formula is C54H58IrN2O-2. The summed E-state index contributed by atoms with van der Waals surface area (Å²) < 4.78 is 6.25. The number of benzene rings is 4. The molecule has 0 N–H and O–H groups in total. The van der Waals surface area contributed by atoms with Gasteiger partial charge in [-0.2, -0.15) is 0 Å². The van der Waals surface area contributed by atoms with E-state index in [1.165, 1.54) is 55.5 Å². The Balaban J connectivity index is 0.000000179. The quantitative estimate of drug-likeness (QED) is 0.166. The molecule has 3 aromatic heterocycles. The predicted molar refractivity (Wildman–Crippen MR) is 238 cm³/mol. The van der Waals surface area contributed by atoms with Crippen LogP contribution in [-0.4, -0.2) is 9.97 Å². The second-order valence-electron chi connectivity index (χ2n) is 20.2. The number of aryl methyl sites for hydroxylation is 2. The summed E-state index contributed by atoms with van der Waals surface area (Å²) in [5, 5.41) is 2.31. The summed E-state index contributed by atoms with van der Waals surface area (Å²) in [5.74, 6) is 0. The molecule has 1 radical (unpaired) electrons. The number of hydrogen-bond donors (Lipinski definition) is 0. The number of aromatic nitrogens is 2. The first kappa shape index (κ1) is 41.8. The van der Waals surface area contributed by atoms with E-state index >= 15 is 0 Å². The third-order valence-electron chi connectivity index (χ3n) is 13.4. The van der Waals surface area contributed by atoms with Crippen LogP contribution in [0.5, 0.6) is 0 Å². The topological polar surface area (TPSA) is 38.9 Å². The largest absolute Gasteiger partial charge is 0.501 e. The van der Waals surface area contributed by atoms with Crippen LogP contribution in [0.3, 0.4) is 0 Å². The number of pyridine rings is 2. The van der Waals surface area contributed by atoms with Gasteiger partial charge in [0.1, 0.15) is 5.58 Å². The summed E-state index contributed by atoms with van der Waals surface area (Å²) in [6.45, 7) is 27.7. The van der Waals surface area contributed by atoms with Crippen LogP contribution >= 0.6 is 0 Å². The SMILES string of the molecule is CC(C)(C)Cc1ccnc(-c2[c-]ccc3c2C(C)(C)C2(Cc4ccccc4C2)C3(C)C)c1.Cc1cc(C)c2c(c1)oc1c(-c3cc(C(C)(C)C)ccn3)[c-]ccc12.[Ir]. The summed E-state index contributed by atoms with van der Waals surface area (Å²) >= 11 is 0. The monoisotopic (exact) mass is 943 g/mol. The van der Waals surface area contributed by atoms with E-state index in [0.717, 1.165) is 52.8 Å². The van der Waals surface area contributed by atoms with Gasteiger partial charge in [-0.15, -0.1) is 53.1 Å². The van der Waals surface area contributed by atoms with Crippen molar-refractivity contribution in [2.75, 3.05) is 0 Å². The van der Waals surface area contributed by atoms with E-state index in [2.05, 4.69) is 179 Å². The van der Waals surface area contributed by atoms with Crippen molar-refractivity contribution in [1.29, 1.82) is 0 Å². The van der Waals surface area contributed by atoms with Crippen LogP contribution in [0.15, 0.2) is 102 Å². The van der Waals surface area contributed by atoms with Crippen LogP contribution in [0.4, 0.5) is 0 Å². The minimum Gasteiger partial charge on any atom is -0.501 e. The molecule has 0 amide bonds. The van der Waals surface area contributed by atoms with E-state index in [1.807, 2.05) is 18.5 Å². The van der Waals surface area contributed by atoms with Gasteiger partial charge in [0.05, 0.1) is 5.58 Å². The molecule has 3 nitrogen and oxygen atoms in total. The Kier molecular flexibility index (Phi) is 10.6. The van der Waals surface area contributed by atoms with Gasteiger partial charge < -0.3 is 14.4 Å². The molecule has 0 aliphatic heterocycles. The molecular weight excluding hydrogens is 885 g/mol. The van der Waals surface area contributed by atoms with Crippen LogP contribution in [0, 0.1) is 36.8 Å². The Labute approximate surface area is 360 Å². The molecule has 4 heteroatoms. The standard InChI is InChI=1S/C31H36N.C23H22NO.Ir/c1-28(2,3)18-21-15-16-32-26(17-21)24-13-10-14-25-27(24)30(6,7)31(29(25,4)5)19-22-11-8-9-12-23(22)20-31;1-14-11-15(2)21-18-8-6-7-17(22(18)25-20(21)12-14)19-13-16(9-10-24-19)23(3,4)5;/h8-12,14-17H,18-20H2,1-7H3;6,8-13H,1-5H3;/q2*-1;. The first-order valence-corrected chi connectivity index (χ1v) is 20.7. The molecule has 1 spiro atoms. The van der Waals surface area contributed by atoms with E-state index in [0.29, 0.717) is 0 Å². The Hall–Kier alpha value is -4.37. The van der Waals surface area contributed by atoms with Gasteiger partial charge in [-0.3, -0.25) is 0 Å². The smallest absolute Gasteiger partial charge is 0.121 e. The van der Waals surface area contributed by atoms with E-state index in [4.69, 9.17) is 9.40 Å². The van der Waals surface area contributed by atoms with Crippen LogP contribution in [-0.2, 0) is 55.6 Å². The Morgan fingerprint density at radius 3 is 1.98 bits per heavy atom. The minimum atomic E-state index is 0. The summed E-state index contributed by atoms with van der Waals surface area (Å²) in [6.07, 6.45) is 7.17. The average Bonchev–Trinajstić information content (AvgIpc) is 3.77. The fourth-order valence-corrected chi connectivity index (χ4v) is 10.5. The second kappa shape index (κ2) is 14.7. The van der Waals surface area contributed by atoms with Gasteiger partial charge in [-0.1, -0.05) is 128 Å². The van der Waals surface area contributed by atoms with Crippen LogP contribution < -0.4 is 0 Å². The molecule has 9 rings (SSSR count). The van der Waals surface area contributed by atoms with Crippen molar-refractivity contribution in [3.8, 4) is 22.5 Å². The Bertz CT molecular complexity index is 2640. The van der Waals surface area contributed by atoms with Crippen LogP contribution in [0.1, 0.15) is 114 Å². The number of hydrogen-bond acceptors (Lipinski definition) is 3. The van der Waals surface area contributed by atoms with Gasteiger partial charge in [0.2, 0.25) is 0 Å². The number of furan rings is 1. The maximum Gasteiger partial charge on any atom is 0.121 e. The number of nitrogens with zero attached hydrogens (tertiary/aromatic N) is 2. The van der Waals surface area contributed by atoms with E-state index < -0.39 is 0 Å². The first-order valence-electron chi connectivity index (χ1n) is 20.7. The summed E-state index contributed by atoms with van der Waals surface area (Å²) in [4.78, 5) is 9.45. The molecule has 2 aliphatic rings. The summed E-state index contributed by atoms with van der Waals surface area (Å²) in [7, 11) is 0. The number of fused-ring (bicyclic) bond motifs is 5. The van der Waals surface area contributed by atoms with Crippen molar-refractivity contribution < 1.29 is 24.5 Å². The van der Waals surface area contributed by atoms with Crippen molar-refractivity contribution in [2.45, 2.75) is 119 Å².